The molecule has 1 saturated heterocycles. The lowest BCUT2D eigenvalue weighted by Gasteiger charge is -2.31. The summed E-state index contributed by atoms with van der Waals surface area (Å²) in [6.07, 6.45) is 3.07. The standard InChI is InChI=1S/C20H19ClF2N2O2S/c1-12-18(21)9-15(23)10-20(12)28(26,27)25-6-4-13(5-7-25)17-11-24-19-3-2-14(22)8-16(17)19/h2-3,8-11,13,24H,4-7H2,1H3. The number of benzene rings is 2. The van der Waals surface area contributed by atoms with Crippen LogP contribution in [-0.2, 0) is 10.0 Å². The maximum absolute atomic E-state index is 13.7. The first-order valence-corrected chi connectivity index (χ1v) is 10.8. The minimum atomic E-state index is -3.84. The molecule has 1 aliphatic heterocycles. The van der Waals surface area contributed by atoms with E-state index in [0.29, 0.717) is 31.5 Å². The molecule has 28 heavy (non-hydrogen) atoms. The first kappa shape index (κ1) is 19.4. The summed E-state index contributed by atoms with van der Waals surface area (Å²) in [6.45, 7) is 2.19. The molecule has 0 radical (unpaired) electrons. The molecule has 0 bridgehead atoms. The lowest BCUT2D eigenvalue weighted by molar-refractivity contribution is 0.320. The van der Waals surface area contributed by atoms with Gasteiger partial charge in [-0.2, -0.15) is 4.31 Å². The van der Waals surface area contributed by atoms with Gasteiger partial charge in [-0.1, -0.05) is 11.6 Å². The molecular formula is C20H19ClF2N2O2S. The van der Waals surface area contributed by atoms with Crippen molar-refractivity contribution in [1.82, 2.24) is 9.29 Å². The van der Waals surface area contributed by atoms with Crippen LogP contribution in [0.3, 0.4) is 0 Å². The van der Waals surface area contributed by atoms with Crippen LogP contribution in [-0.4, -0.2) is 30.8 Å². The van der Waals surface area contributed by atoms with Crippen molar-refractivity contribution < 1.29 is 17.2 Å². The molecule has 2 aromatic carbocycles. The van der Waals surface area contributed by atoms with Crippen LogP contribution < -0.4 is 0 Å². The minimum Gasteiger partial charge on any atom is -0.361 e. The van der Waals surface area contributed by atoms with Crippen molar-refractivity contribution in [3.63, 3.8) is 0 Å². The van der Waals surface area contributed by atoms with Gasteiger partial charge in [0.25, 0.3) is 0 Å². The third-order valence-electron chi connectivity index (χ3n) is 5.45. The van der Waals surface area contributed by atoms with E-state index in [1.165, 1.54) is 16.4 Å². The Morgan fingerprint density at radius 1 is 1.11 bits per heavy atom. The van der Waals surface area contributed by atoms with E-state index >= 15 is 0 Å². The highest BCUT2D eigenvalue weighted by Gasteiger charge is 2.32. The Balaban J connectivity index is 1.58. The lowest BCUT2D eigenvalue weighted by atomic mass is 9.90. The maximum atomic E-state index is 13.7. The van der Waals surface area contributed by atoms with Gasteiger partial charge in [-0.15, -0.1) is 0 Å². The molecule has 0 unspecified atom stereocenters. The smallest absolute Gasteiger partial charge is 0.243 e. The number of fused-ring (bicyclic) bond motifs is 1. The molecule has 0 saturated carbocycles. The van der Waals surface area contributed by atoms with Crippen molar-refractivity contribution in [1.29, 1.82) is 0 Å². The summed E-state index contributed by atoms with van der Waals surface area (Å²) >= 11 is 5.97. The fraction of sp³-hybridized carbons (Fsp3) is 0.300. The largest absolute Gasteiger partial charge is 0.361 e. The third kappa shape index (κ3) is 3.32. The molecule has 0 aliphatic carbocycles. The van der Waals surface area contributed by atoms with E-state index in [9.17, 15) is 17.2 Å². The van der Waals surface area contributed by atoms with Gasteiger partial charge >= 0.3 is 0 Å². The molecule has 1 N–H and O–H groups in total. The molecule has 1 aliphatic rings. The topological polar surface area (TPSA) is 53.2 Å². The monoisotopic (exact) mass is 424 g/mol. The van der Waals surface area contributed by atoms with E-state index in [2.05, 4.69) is 4.98 Å². The Morgan fingerprint density at radius 3 is 2.54 bits per heavy atom. The highest BCUT2D eigenvalue weighted by Crippen LogP contribution is 2.36. The summed E-state index contributed by atoms with van der Waals surface area (Å²) in [5.74, 6) is -0.851. The highest BCUT2D eigenvalue weighted by atomic mass is 35.5. The fourth-order valence-corrected chi connectivity index (χ4v) is 5.88. The number of aromatic nitrogens is 1. The van der Waals surface area contributed by atoms with Crippen molar-refractivity contribution in [3.05, 3.63) is 64.3 Å². The van der Waals surface area contributed by atoms with Crippen LogP contribution in [0.25, 0.3) is 10.9 Å². The maximum Gasteiger partial charge on any atom is 0.243 e. The number of nitrogens with one attached hydrogen (secondary N) is 1. The van der Waals surface area contributed by atoms with E-state index in [1.807, 2.05) is 6.20 Å². The number of nitrogens with zero attached hydrogens (tertiary/aromatic N) is 1. The third-order valence-corrected chi connectivity index (χ3v) is 7.87. The molecule has 0 atom stereocenters. The van der Waals surface area contributed by atoms with Crippen LogP contribution in [0.1, 0.15) is 29.9 Å². The Bertz CT molecular complexity index is 1150. The van der Waals surface area contributed by atoms with Gasteiger partial charge < -0.3 is 4.98 Å². The summed E-state index contributed by atoms with van der Waals surface area (Å²) in [6, 6.07) is 6.74. The predicted molar refractivity (Wildman–Crippen MR) is 105 cm³/mol. The number of hydrogen-bond acceptors (Lipinski definition) is 2. The number of sulfonamides is 1. The number of hydrogen-bond donors (Lipinski definition) is 1. The average molecular weight is 425 g/mol. The summed E-state index contributed by atoms with van der Waals surface area (Å²) in [4.78, 5) is 3.05. The molecule has 4 nitrogen and oxygen atoms in total. The fourth-order valence-electron chi connectivity index (χ4n) is 3.89. The second-order valence-electron chi connectivity index (χ2n) is 7.12. The van der Waals surface area contributed by atoms with E-state index < -0.39 is 15.8 Å². The first-order chi connectivity index (χ1) is 13.3. The minimum absolute atomic E-state index is 0.0919. The van der Waals surface area contributed by atoms with E-state index in [1.54, 1.807) is 13.0 Å². The Labute approximate surface area is 167 Å². The predicted octanol–water partition coefficient (Wildman–Crippen LogP) is 4.98. The van der Waals surface area contributed by atoms with Crippen LogP contribution in [0.15, 0.2) is 41.4 Å². The van der Waals surface area contributed by atoms with Gasteiger partial charge in [-0.05, 0) is 67.1 Å². The van der Waals surface area contributed by atoms with Crippen molar-refractivity contribution >= 4 is 32.5 Å². The van der Waals surface area contributed by atoms with Gasteiger partial charge in [-0.25, -0.2) is 17.2 Å². The number of halogens is 3. The van der Waals surface area contributed by atoms with Crippen LogP contribution in [0, 0.1) is 18.6 Å². The van der Waals surface area contributed by atoms with Gasteiger partial charge in [0.15, 0.2) is 0 Å². The van der Waals surface area contributed by atoms with Gasteiger partial charge in [0, 0.05) is 35.2 Å². The Hall–Kier alpha value is -1.96. The molecule has 8 heteroatoms. The lowest BCUT2D eigenvalue weighted by Crippen LogP contribution is -2.38. The molecule has 4 rings (SSSR count). The number of rotatable bonds is 3. The highest BCUT2D eigenvalue weighted by molar-refractivity contribution is 7.89. The van der Waals surface area contributed by atoms with Crippen LogP contribution in [0.5, 0.6) is 0 Å². The second-order valence-corrected chi connectivity index (χ2v) is 9.44. The Kier molecular flexibility index (Phi) is 4.93. The van der Waals surface area contributed by atoms with E-state index in [0.717, 1.165) is 28.6 Å². The molecule has 0 amide bonds. The first-order valence-electron chi connectivity index (χ1n) is 8.99. The zero-order valence-electron chi connectivity index (χ0n) is 15.2. The second kappa shape index (κ2) is 7.13. The number of piperidine rings is 1. The molecule has 2 heterocycles. The quantitative estimate of drug-likeness (QED) is 0.645. The van der Waals surface area contributed by atoms with Crippen molar-refractivity contribution in [2.45, 2.75) is 30.6 Å². The Morgan fingerprint density at radius 2 is 1.82 bits per heavy atom. The van der Waals surface area contributed by atoms with E-state index in [-0.39, 0.29) is 21.7 Å². The summed E-state index contributed by atoms with van der Waals surface area (Å²) < 4.78 is 54.7. The summed E-state index contributed by atoms with van der Waals surface area (Å²) in [5, 5.41) is 0.920. The van der Waals surface area contributed by atoms with Crippen LogP contribution in [0.2, 0.25) is 5.02 Å². The van der Waals surface area contributed by atoms with Gasteiger partial charge in [0.1, 0.15) is 11.6 Å². The summed E-state index contributed by atoms with van der Waals surface area (Å²) in [7, 11) is -3.84. The van der Waals surface area contributed by atoms with Crippen molar-refractivity contribution in [3.8, 4) is 0 Å². The van der Waals surface area contributed by atoms with Crippen LogP contribution >= 0.6 is 11.6 Å². The number of H-pyrrole nitrogens is 1. The molecule has 148 valence electrons. The average Bonchev–Trinajstić information content (AvgIpc) is 3.07. The molecular weight excluding hydrogens is 406 g/mol. The van der Waals surface area contributed by atoms with E-state index in [4.69, 9.17) is 11.6 Å². The molecule has 1 aromatic heterocycles. The summed E-state index contributed by atoms with van der Waals surface area (Å²) in [5.41, 5.74) is 2.20. The zero-order chi connectivity index (χ0) is 20.1. The van der Waals surface area contributed by atoms with Crippen LogP contribution in [0.4, 0.5) is 8.78 Å². The van der Waals surface area contributed by atoms with Crippen molar-refractivity contribution in [2.75, 3.05) is 13.1 Å². The van der Waals surface area contributed by atoms with Crippen molar-refractivity contribution in [2.24, 2.45) is 0 Å². The number of aromatic amines is 1. The zero-order valence-corrected chi connectivity index (χ0v) is 16.7. The van der Waals surface area contributed by atoms with Gasteiger partial charge in [-0.3, -0.25) is 0 Å². The van der Waals surface area contributed by atoms with Gasteiger partial charge in [0.2, 0.25) is 10.0 Å². The normalized spacial score (nSPS) is 16.7. The SMILES string of the molecule is Cc1c(Cl)cc(F)cc1S(=O)(=O)N1CCC(c2c[nH]c3ccc(F)cc23)CC1. The molecule has 1 fully saturated rings. The molecule has 3 aromatic rings. The molecule has 0 spiro atoms. The van der Waals surface area contributed by atoms with Gasteiger partial charge in [0.05, 0.1) is 4.90 Å².